The normalized spacial score (nSPS) is 11.2. The molecule has 2 aromatic carbocycles. The Morgan fingerprint density at radius 2 is 1.95 bits per heavy atom. The summed E-state index contributed by atoms with van der Waals surface area (Å²) >= 11 is 0. The van der Waals surface area contributed by atoms with Crippen LogP contribution in [0.4, 0.5) is 0 Å². The summed E-state index contributed by atoms with van der Waals surface area (Å²) in [6.45, 7) is 0. The molecule has 0 aliphatic heterocycles. The first kappa shape index (κ1) is 12.3. The molecule has 0 fully saturated rings. The standard InChI is InChI=1S/C16H15N3O/c1-20-12-7-8-15-13(9-12)14(10-18-17)16(19-15)11-5-3-2-4-6-11/h2-10,19H,17H2,1H3/b18-10+. The Labute approximate surface area is 116 Å². The molecular formula is C16H15N3O. The van der Waals surface area contributed by atoms with E-state index < -0.39 is 0 Å². The number of methoxy groups -OCH3 is 1. The summed E-state index contributed by atoms with van der Waals surface area (Å²) in [5.74, 6) is 6.16. The van der Waals surface area contributed by atoms with E-state index in [4.69, 9.17) is 10.6 Å². The molecule has 100 valence electrons. The number of benzene rings is 2. The van der Waals surface area contributed by atoms with Crippen molar-refractivity contribution in [2.75, 3.05) is 7.11 Å². The van der Waals surface area contributed by atoms with Crippen molar-refractivity contribution in [2.24, 2.45) is 10.9 Å². The summed E-state index contributed by atoms with van der Waals surface area (Å²) in [6, 6.07) is 16.0. The highest BCUT2D eigenvalue weighted by Crippen LogP contribution is 2.31. The Morgan fingerprint density at radius 3 is 2.65 bits per heavy atom. The van der Waals surface area contributed by atoms with Crippen molar-refractivity contribution in [3.63, 3.8) is 0 Å². The second kappa shape index (κ2) is 5.09. The number of rotatable bonds is 3. The number of hydrogen-bond acceptors (Lipinski definition) is 3. The van der Waals surface area contributed by atoms with Gasteiger partial charge in [-0.3, -0.25) is 0 Å². The zero-order chi connectivity index (χ0) is 13.9. The van der Waals surface area contributed by atoms with Crippen molar-refractivity contribution >= 4 is 17.1 Å². The molecule has 0 bridgehead atoms. The Hall–Kier alpha value is -2.75. The van der Waals surface area contributed by atoms with E-state index in [1.807, 2.05) is 36.4 Å². The Morgan fingerprint density at radius 1 is 1.15 bits per heavy atom. The largest absolute Gasteiger partial charge is 0.497 e. The Balaban J connectivity index is 2.29. The average Bonchev–Trinajstić information content (AvgIpc) is 2.86. The molecule has 4 nitrogen and oxygen atoms in total. The van der Waals surface area contributed by atoms with Crippen LogP contribution in [0.1, 0.15) is 5.56 Å². The van der Waals surface area contributed by atoms with Gasteiger partial charge in [-0.25, -0.2) is 0 Å². The molecule has 3 N–H and O–H groups in total. The quantitative estimate of drug-likeness (QED) is 0.434. The third kappa shape index (κ3) is 2.01. The third-order valence-electron chi connectivity index (χ3n) is 3.31. The number of nitrogens with two attached hydrogens (primary N) is 1. The van der Waals surface area contributed by atoms with Crippen LogP contribution in [0.25, 0.3) is 22.2 Å². The second-order valence-electron chi connectivity index (χ2n) is 4.47. The maximum absolute atomic E-state index is 5.35. The highest BCUT2D eigenvalue weighted by Gasteiger charge is 2.12. The van der Waals surface area contributed by atoms with Gasteiger partial charge in [0.25, 0.3) is 0 Å². The summed E-state index contributed by atoms with van der Waals surface area (Å²) in [6.07, 6.45) is 1.67. The molecule has 4 heteroatoms. The molecule has 1 heterocycles. The highest BCUT2D eigenvalue weighted by atomic mass is 16.5. The molecule has 0 radical (unpaired) electrons. The first-order valence-corrected chi connectivity index (χ1v) is 6.32. The van der Waals surface area contributed by atoms with Crippen molar-refractivity contribution in [2.45, 2.75) is 0 Å². The minimum absolute atomic E-state index is 0.808. The van der Waals surface area contributed by atoms with Crippen molar-refractivity contribution < 1.29 is 4.74 Å². The molecule has 0 unspecified atom stereocenters. The molecule has 0 aliphatic rings. The number of nitrogens with one attached hydrogen (secondary N) is 1. The number of hydrogen-bond donors (Lipinski definition) is 2. The van der Waals surface area contributed by atoms with Gasteiger partial charge >= 0.3 is 0 Å². The van der Waals surface area contributed by atoms with Crippen LogP contribution in [0, 0.1) is 0 Å². The number of aromatic amines is 1. The summed E-state index contributed by atoms with van der Waals surface area (Å²) in [7, 11) is 1.66. The lowest BCUT2D eigenvalue weighted by atomic mass is 10.1. The van der Waals surface area contributed by atoms with Gasteiger partial charge in [0.2, 0.25) is 0 Å². The monoisotopic (exact) mass is 265 g/mol. The SMILES string of the molecule is COc1ccc2[nH]c(-c3ccccc3)c(/C=N/N)c2c1. The number of hydrazone groups is 1. The van der Waals surface area contributed by atoms with E-state index in [-0.39, 0.29) is 0 Å². The minimum atomic E-state index is 0.808. The topological polar surface area (TPSA) is 63.4 Å². The summed E-state index contributed by atoms with van der Waals surface area (Å²) < 4.78 is 5.28. The zero-order valence-electron chi connectivity index (χ0n) is 11.1. The van der Waals surface area contributed by atoms with Crippen LogP contribution in [-0.4, -0.2) is 18.3 Å². The maximum atomic E-state index is 5.35. The fraction of sp³-hybridized carbons (Fsp3) is 0.0625. The molecule has 1 aromatic heterocycles. The molecule has 0 saturated carbocycles. The summed E-state index contributed by atoms with van der Waals surface area (Å²) in [4.78, 5) is 3.41. The van der Waals surface area contributed by atoms with Crippen LogP contribution < -0.4 is 10.6 Å². The van der Waals surface area contributed by atoms with Gasteiger partial charge in [0.15, 0.2) is 0 Å². The number of H-pyrrole nitrogens is 1. The average molecular weight is 265 g/mol. The number of nitrogens with zero attached hydrogens (tertiary/aromatic N) is 1. The third-order valence-corrected chi connectivity index (χ3v) is 3.31. The smallest absolute Gasteiger partial charge is 0.119 e. The van der Waals surface area contributed by atoms with Crippen molar-refractivity contribution in [1.82, 2.24) is 4.98 Å². The van der Waals surface area contributed by atoms with Gasteiger partial charge in [-0.05, 0) is 23.8 Å². The van der Waals surface area contributed by atoms with Gasteiger partial charge in [0.05, 0.1) is 19.0 Å². The highest BCUT2D eigenvalue weighted by molar-refractivity contribution is 6.06. The van der Waals surface area contributed by atoms with E-state index in [0.29, 0.717) is 0 Å². The molecule has 0 saturated heterocycles. The van der Waals surface area contributed by atoms with E-state index >= 15 is 0 Å². The molecule has 0 aliphatic carbocycles. The van der Waals surface area contributed by atoms with Crippen LogP contribution in [0.3, 0.4) is 0 Å². The maximum Gasteiger partial charge on any atom is 0.119 e. The van der Waals surface area contributed by atoms with Gasteiger partial charge in [0, 0.05) is 16.5 Å². The molecular weight excluding hydrogens is 250 g/mol. The first-order chi connectivity index (χ1) is 9.83. The second-order valence-corrected chi connectivity index (χ2v) is 4.47. The van der Waals surface area contributed by atoms with Gasteiger partial charge in [-0.1, -0.05) is 30.3 Å². The van der Waals surface area contributed by atoms with E-state index in [9.17, 15) is 0 Å². The molecule has 20 heavy (non-hydrogen) atoms. The molecule has 0 amide bonds. The summed E-state index contributed by atoms with van der Waals surface area (Å²) in [5.41, 5.74) is 4.09. The van der Waals surface area contributed by atoms with Crippen LogP contribution in [0.15, 0.2) is 53.6 Å². The van der Waals surface area contributed by atoms with Gasteiger partial charge in [0.1, 0.15) is 5.75 Å². The molecule has 3 rings (SSSR count). The van der Waals surface area contributed by atoms with Gasteiger partial charge in [-0.2, -0.15) is 5.10 Å². The summed E-state index contributed by atoms with van der Waals surface area (Å²) in [5, 5.41) is 4.72. The molecule has 3 aromatic rings. The lowest BCUT2D eigenvalue weighted by molar-refractivity contribution is 0.415. The molecule has 0 spiro atoms. The lowest BCUT2D eigenvalue weighted by Crippen LogP contribution is -1.89. The van der Waals surface area contributed by atoms with E-state index in [0.717, 1.165) is 33.5 Å². The predicted molar refractivity (Wildman–Crippen MR) is 82.1 cm³/mol. The zero-order valence-corrected chi connectivity index (χ0v) is 11.1. The Kier molecular flexibility index (Phi) is 3.13. The van der Waals surface area contributed by atoms with Crippen LogP contribution in [-0.2, 0) is 0 Å². The van der Waals surface area contributed by atoms with Gasteiger partial charge in [-0.15, -0.1) is 0 Å². The van der Waals surface area contributed by atoms with Crippen molar-refractivity contribution in [3.05, 3.63) is 54.1 Å². The van der Waals surface area contributed by atoms with Gasteiger partial charge < -0.3 is 15.6 Å². The number of aromatic nitrogens is 1. The Bertz CT molecular complexity index is 760. The molecule has 0 atom stereocenters. The van der Waals surface area contributed by atoms with E-state index in [1.165, 1.54) is 0 Å². The number of fused-ring (bicyclic) bond motifs is 1. The van der Waals surface area contributed by atoms with Crippen LogP contribution in [0.5, 0.6) is 5.75 Å². The van der Waals surface area contributed by atoms with Crippen LogP contribution in [0.2, 0.25) is 0 Å². The van der Waals surface area contributed by atoms with E-state index in [1.54, 1.807) is 13.3 Å². The van der Waals surface area contributed by atoms with Crippen LogP contribution >= 0.6 is 0 Å². The lowest BCUT2D eigenvalue weighted by Gasteiger charge is -2.00. The first-order valence-electron chi connectivity index (χ1n) is 6.32. The fourth-order valence-electron chi connectivity index (χ4n) is 2.36. The fourth-order valence-corrected chi connectivity index (χ4v) is 2.36. The minimum Gasteiger partial charge on any atom is -0.497 e. The number of ether oxygens (including phenoxy) is 1. The van der Waals surface area contributed by atoms with Crippen molar-refractivity contribution in [1.29, 1.82) is 0 Å². The predicted octanol–water partition coefficient (Wildman–Crippen LogP) is 3.14. The van der Waals surface area contributed by atoms with E-state index in [2.05, 4.69) is 22.2 Å². The van der Waals surface area contributed by atoms with Crippen molar-refractivity contribution in [3.8, 4) is 17.0 Å².